The first-order chi connectivity index (χ1) is 12.6. The molecule has 0 aliphatic heterocycles. The summed E-state index contributed by atoms with van der Waals surface area (Å²) in [5.74, 6) is 0.718. The molecule has 9 heteroatoms. The highest BCUT2D eigenvalue weighted by atomic mass is 127. The Morgan fingerprint density at radius 1 is 1.00 bits per heavy atom. The number of likely N-dealkylation sites (N-methyl/N-ethyl adjacent to an activating group) is 3. The van der Waals surface area contributed by atoms with Gasteiger partial charge >= 0.3 is 6.09 Å². The molecule has 0 unspecified atom stereocenters. The highest BCUT2D eigenvalue weighted by Crippen LogP contribution is 2.09. The summed E-state index contributed by atoms with van der Waals surface area (Å²) in [6.45, 7) is 17.2. The maximum absolute atomic E-state index is 12.3. The number of carbonyl (C=O) groups excluding carboxylic acids is 2. The molecule has 0 fully saturated rings. The lowest BCUT2D eigenvalue weighted by Gasteiger charge is -2.27. The van der Waals surface area contributed by atoms with E-state index in [4.69, 9.17) is 4.74 Å². The number of hydrogen-bond donors (Lipinski definition) is 1. The summed E-state index contributed by atoms with van der Waals surface area (Å²) in [5, 5.41) is 3.19. The van der Waals surface area contributed by atoms with Gasteiger partial charge in [0.2, 0.25) is 5.91 Å². The van der Waals surface area contributed by atoms with Crippen molar-refractivity contribution < 1.29 is 14.3 Å². The molecule has 2 amide bonds. The van der Waals surface area contributed by atoms with Crippen molar-refractivity contribution in [2.45, 2.75) is 54.1 Å². The van der Waals surface area contributed by atoms with E-state index < -0.39 is 5.60 Å². The molecule has 0 aromatic heterocycles. The van der Waals surface area contributed by atoms with Gasteiger partial charge < -0.3 is 24.8 Å². The zero-order valence-electron chi connectivity index (χ0n) is 18.9. The van der Waals surface area contributed by atoms with Crippen molar-refractivity contribution in [3.8, 4) is 0 Å². The number of nitrogens with one attached hydrogen (secondary N) is 1. The van der Waals surface area contributed by atoms with Crippen molar-refractivity contribution in [1.29, 1.82) is 0 Å². The molecule has 0 rings (SSSR count). The number of carbonyl (C=O) groups is 2. The molecule has 0 atom stereocenters. The third kappa shape index (κ3) is 11.6. The van der Waals surface area contributed by atoms with E-state index >= 15 is 0 Å². The first-order valence-electron chi connectivity index (χ1n) is 9.84. The topological polar surface area (TPSA) is 77.5 Å². The van der Waals surface area contributed by atoms with Gasteiger partial charge in [0, 0.05) is 39.8 Å². The predicted octanol–water partition coefficient (Wildman–Crippen LogP) is 2.63. The third-order valence-corrected chi connectivity index (χ3v) is 3.85. The summed E-state index contributed by atoms with van der Waals surface area (Å²) >= 11 is 0. The van der Waals surface area contributed by atoms with Crippen LogP contribution in [0.1, 0.15) is 48.5 Å². The number of hydrogen-bond acceptors (Lipinski definition) is 4. The molecule has 0 aromatic carbocycles. The van der Waals surface area contributed by atoms with Crippen LogP contribution in [0.2, 0.25) is 0 Å². The summed E-state index contributed by atoms with van der Waals surface area (Å²) < 4.78 is 5.41. The van der Waals surface area contributed by atoms with Crippen LogP contribution in [0.25, 0.3) is 0 Å². The molecule has 0 saturated heterocycles. The second-order valence-electron chi connectivity index (χ2n) is 7.22. The maximum atomic E-state index is 12.3. The number of amides is 2. The highest BCUT2D eigenvalue weighted by Gasteiger charge is 2.21. The first-order valence-corrected chi connectivity index (χ1v) is 9.84. The Kier molecular flexibility index (Phi) is 15.2. The lowest BCUT2D eigenvalue weighted by atomic mass is 10.2. The minimum Gasteiger partial charge on any atom is -0.444 e. The molecule has 0 aromatic rings. The fraction of sp³-hybridized carbons (Fsp3) is 0.842. The molecule has 0 aliphatic carbocycles. The molecular weight excluding hydrogens is 473 g/mol. The van der Waals surface area contributed by atoms with Gasteiger partial charge in [-0.25, -0.2) is 4.79 Å². The first kappa shape index (κ1) is 28.9. The van der Waals surface area contributed by atoms with Crippen LogP contribution < -0.4 is 5.32 Å². The van der Waals surface area contributed by atoms with Crippen LogP contribution in [0.5, 0.6) is 0 Å². The number of halogens is 1. The molecule has 0 saturated carbocycles. The highest BCUT2D eigenvalue weighted by molar-refractivity contribution is 14.0. The molecule has 0 spiro atoms. The predicted molar refractivity (Wildman–Crippen MR) is 125 cm³/mol. The van der Waals surface area contributed by atoms with E-state index in [-0.39, 0.29) is 42.5 Å². The average Bonchev–Trinajstić information content (AvgIpc) is 2.57. The second kappa shape index (κ2) is 14.7. The van der Waals surface area contributed by atoms with Crippen LogP contribution >= 0.6 is 24.0 Å². The lowest BCUT2D eigenvalue weighted by molar-refractivity contribution is -0.131. The van der Waals surface area contributed by atoms with Crippen LogP contribution in [0, 0.1) is 0 Å². The molecule has 0 heterocycles. The maximum Gasteiger partial charge on any atom is 0.410 e. The van der Waals surface area contributed by atoms with E-state index in [0.717, 1.165) is 0 Å². The Hall–Kier alpha value is -1.26. The fourth-order valence-electron chi connectivity index (χ4n) is 2.41. The van der Waals surface area contributed by atoms with E-state index in [1.54, 1.807) is 9.80 Å². The normalized spacial score (nSPS) is 11.4. The van der Waals surface area contributed by atoms with Gasteiger partial charge in [-0.2, -0.15) is 0 Å². The van der Waals surface area contributed by atoms with E-state index in [1.807, 2.05) is 60.4 Å². The van der Waals surface area contributed by atoms with Crippen molar-refractivity contribution in [3.63, 3.8) is 0 Å². The van der Waals surface area contributed by atoms with Gasteiger partial charge in [0.1, 0.15) is 5.60 Å². The SMILES string of the molecule is CCNC(=NCCN(CC)C(=O)OC(C)(C)C)N(C)CC(=O)N(CC)CC.I. The Morgan fingerprint density at radius 2 is 1.54 bits per heavy atom. The van der Waals surface area contributed by atoms with Crippen LogP contribution in [-0.4, -0.2) is 91.1 Å². The molecule has 0 radical (unpaired) electrons. The largest absolute Gasteiger partial charge is 0.444 e. The zero-order valence-corrected chi connectivity index (χ0v) is 21.2. The second-order valence-corrected chi connectivity index (χ2v) is 7.22. The number of guanidine groups is 1. The van der Waals surface area contributed by atoms with Crippen molar-refractivity contribution in [2.75, 3.05) is 52.9 Å². The van der Waals surface area contributed by atoms with E-state index in [2.05, 4.69) is 10.3 Å². The minimum atomic E-state index is -0.520. The van der Waals surface area contributed by atoms with Crippen LogP contribution in [0.4, 0.5) is 4.79 Å². The van der Waals surface area contributed by atoms with Crippen molar-refractivity contribution in [3.05, 3.63) is 0 Å². The smallest absolute Gasteiger partial charge is 0.410 e. The van der Waals surface area contributed by atoms with Crippen molar-refractivity contribution in [1.82, 2.24) is 20.0 Å². The van der Waals surface area contributed by atoms with Crippen LogP contribution in [-0.2, 0) is 9.53 Å². The molecule has 1 N–H and O–H groups in total. The number of ether oxygens (including phenoxy) is 1. The van der Waals surface area contributed by atoms with Gasteiger partial charge in [-0.3, -0.25) is 9.79 Å². The van der Waals surface area contributed by atoms with Gasteiger partial charge in [0.25, 0.3) is 0 Å². The Labute approximate surface area is 188 Å². The number of rotatable bonds is 9. The van der Waals surface area contributed by atoms with Gasteiger partial charge in [-0.05, 0) is 48.5 Å². The molecule has 166 valence electrons. The van der Waals surface area contributed by atoms with E-state index in [9.17, 15) is 9.59 Å². The monoisotopic (exact) mass is 513 g/mol. The molecule has 0 bridgehead atoms. The zero-order chi connectivity index (χ0) is 21.0. The standard InChI is InChI=1S/C19H39N5O3.HI/c1-9-20-17(22(8)15-16(25)23(10-2)11-3)21-13-14-24(12-4)18(26)27-19(5,6)7;/h9-15H2,1-8H3,(H,20,21);1H. The molecular formula is C19H40IN5O3. The summed E-state index contributed by atoms with van der Waals surface area (Å²) in [4.78, 5) is 34.3. The average molecular weight is 513 g/mol. The summed E-state index contributed by atoms with van der Waals surface area (Å²) in [5.41, 5.74) is -0.520. The van der Waals surface area contributed by atoms with Gasteiger partial charge in [-0.15, -0.1) is 24.0 Å². The van der Waals surface area contributed by atoms with E-state index in [1.165, 1.54) is 0 Å². The molecule has 28 heavy (non-hydrogen) atoms. The summed E-state index contributed by atoms with van der Waals surface area (Å²) in [6, 6.07) is 0. The minimum absolute atomic E-state index is 0. The molecule has 8 nitrogen and oxygen atoms in total. The fourth-order valence-corrected chi connectivity index (χ4v) is 2.41. The summed E-state index contributed by atoms with van der Waals surface area (Å²) in [6.07, 6.45) is -0.338. The molecule has 0 aliphatic rings. The van der Waals surface area contributed by atoms with Crippen LogP contribution in [0.3, 0.4) is 0 Å². The van der Waals surface area contributed by atoms with Crippen LogP contribution in [0.15, 0.2) is 4.99 Å². The van der Waals surface area contributed by atoms with Gasteiger partial charge in [0.05, 0.1) is 13.1 Å². The quantitative estimate of drug-likeness (QED) is 0.292. The van der Waals surface area contributed by atoms with Gasteiger partial charge in [-0.1, -0.05) is 0 Å². The Bertz CT molecular complexity index is 490. The number of aliphatic imine (C=N–C) groups is 1. The third-order valence-electron chi connectivity index (χ3n) is 3.85. The Morgan fingerprint density at radius 3 is 1.96 bits per heavy atom. The van der Waals surface area contributed by atoms with Crippen molar-refractivity contribution >= 4 is 41.9 Å². The van der Waals surface area contributed by atoms with E-state index in [0.29, 0.717) is 45.2 Å². The van der Waals surface area contributed by atoms with Crippen molar-refractivity contribution in [2.24, 2.45) is 4.99 Å². The number of nitrogens with zero attached hydrogens (tertiary/aromatic N) is 4. The van der Waals surface area contributed by atoms with Gasteiger partial charge in [0.15, 0.2) is 5.96 Å². The Balaban J connectivity index is 0. The summed E-state index contributed by atoms with van der Waals surface area (Å²) in [7, 11) is 1.84. The lowest BCUT2D eigenvalue weighted by Crippen LogP contribution is -2.46.